The van der Waals surface area contributed by atoms with Gasteiger partial charge < -0.3 is 18.9 Å². The van der Waals surface area contributed by atoms with Crippen LogP contribution in [-0.4, -0.2) is 74.9 Å². The molecule has 0 fully saturated rings. The first-order valence-corrected chi connectivity index (χ1v) is 12.2. The molecular weight excluding hydrogens is 453 g/mol. The molecule has 0 saturated carbocycles. The second-order valence-electron chi connectivity index (χ2n) is 7.19. The van der Waals surface area contributed by atoms with E-state index in [1.54, 1.807) is 35.0 Å². The molecule has 0 aromatic carbocycles. The van der Waals surface area contributed by atoms with Gasteiger partial charge in [-0.25, -0.2) is 14.2 Å². The van der Waals surface area contributed by atoms with Crippen molar-refractivity contribution in [3.63, 3.8) is 0 Å². The molecule has 2 aromatic heterocycles. The molecule has 0 aliphatic carbocycles. The van der Waals surface area contributed by atoms with Crippen molar-refractivity contribution in [3.8, 4) is 0 Å². The van der Waals surface area contributed by atoms with Crippen LogP contribution in [0.15, 0.2) is 35.0 Å². The van der Waals surface area contributed by atoms with Crippen molar-refractivity contribution in [1.82, 2.24) is 0 Å². The smallest absolute Gasteiger partial charge is 0.457 e. The van der Waals surface area contributed by atoms with Crippen LogP contribution in [0.5, 0.6) is 0 Å². The number of esters is 2. The van der Waals surface area contributed by atoms with Gasteiger partial charge in [-0.1, -0.05) is 12.1 Å². The molecule has 30 heavy (non-hydrogen) atoms. The topological polar surface area (TPSA) is 108 Å². The summed E-state index contributed by atoms with van der Waals surface area (Å²) >= 11 is 2.39. The first-order chi connectivity index (χ1) is 14.1. The van der Waals surface area contributed by atoms with Gasteiger partial charge in [0.25, 0.3) is 0 Å². The van der Waals surface area contributed by atoms with Gasteiger partial charge in [0.05, 0.1) is 27.7 Å². The van der Waals surface area contributed by atoms with Crippen molar-refractivity contribution in [3.05, 3.63) is 44.8 Å². The quantitative estimate of drug-likeness (QED) is 0.282. The van der Waals surface area contributed by atoms with E-state index in [1.807, 2.05) is 21.1 Å². The lowest BCUT2D eigenvalue weighted by Gasteiger charge is -2.24. The number of nitrogens with zero attached hydrogens (tertiary/aromatic N) is 1. The molecule has 9 nitrogen and oxygen atoms in total. The minimum atomic E-state index is -4.37. The second-order valence-corrected chi connectivity index (χ2v) is 10.5. The summed E-state index contributed by atoms with van der Waals surface area (Å²) in [6.45, 7) is -0.326. The number of thiophene rings is 2. The number of phosphoric ester groups is 1. The number of quaternary nitrogens is 1. The number of carbonyl (C=O) groups is 2. The van der Waals surface area contributed by atoms with E-state index in [2.05, 4.69) is 0 Å². The van der Waals surface area contributed by atoms with E-state index in [0.717, 1.165) is 0 Å². The highest BCUT2D eigenvalue weighted by Gasteiger charge is 2.27. The van der Waals surface area contributed by atoms with Gasteiger partial charge in [-0.2, -0.15) is 0 Å². The molecule has 2 atom stereocenters. The maximum Gasteiger partial charge on any atom is 0.472 e. The van der Waals surface area contributed by atoms with Gasteiger partial charge in [-0.15, -0.1) is 22.7 Å². The summed E-state index contributed by atoms with van der Waals surface area (Å²) in [7, 11) is 1.37. The lowest BCUT2D eigenvalue weighted by Crippen LogP contribution is -2.37. The minimum absolute atomic E-state index is 0.00426. The number of ether oxygens (including phenoxy) is 2. The first kappa shape index (κ1) is 24.7. The third kappa shape index (κ3) is 9.05. The van der Waals surface area contributed by atoms with Gasteiger partial charge in [0.2, 0.25) is 0 Å². The molecule has 0 spiro atoms. The monoisotopic (exact) mass is 478 g/mol. The molecule has 1 unspecified atom stereocenters. The van der Waals surface area contributed by atoms with Gasteiger partial charge >= 0.3 is 19.8 Å². The number of likely N-dealkylation sites (N-methyl/N-ethyl adjacent to an activating group) is 1. The predicted molar refractivity (Wildman–Crippen MR) is 113 cm³/mol. The zero-order valence-corrected chi connectivity index (χ0v) is 19.4. The Morgan fingerprint density at radius 1 is 1.03 bits per heavy atom. The van der Waals surface area contributed by atoms with Gasteiger partial charge in [0.1, 0.15) is 29.5 Å². The fourth-order valence-electron chi connectivity index (χ4n) is 2.00. The number of hydrogen-bond acceptors (Lipinski definition) is 9. The fraction of sp³-hybridized carbons (Fsp3) is 0.444. The van der Waals surface area contributed by atoms with Crippen LogP contribution in [0.25, 0.3) is 0 Å². The average Bonchev–Trinajstić information content (AvgIpc) is 3.36. The van der Waals surface area contributed by atoms with Crippen LogP contribution >= 0.6 is 30.5 Å². The number of rotatable bonds is 12. The Morgan fingerprint density at radius 2 is 1.63 bits per heavy atom. The van der Waals surface area contributed by atoms with E-state index in [4.69, 9.17) is 18.5 Å². The van der Waals surface area contributed by atoms with Crippen LogP contribution in [0.2, 0.25) is 0 Å². The van der Waals surface area contributed by atoms with Gasteiger partial charge in [-0.3, -0.25) is 9.05 Å². The molecule has 0 bridgehead atoms. The Morgan fingerprint density at radius 3 is 2.17 bits per heavy atom. The fourth-order valence-corrected chi connectivity index (χ4v) is 3.96. The Hall–Kier alpha value is -1.59. The Bertz CT molecular complexity index is 848. The lowest BCUT2D eigenvalue weighted by atomic mass is 10.4. The zero-order chi connectivity index (χ0) is 22.2. The molecule has 2 aromatic rings. The molecule has 0 amide bonds. The highest BCUT2D eigenvalue weighted by atomic mass is 32.1. The van der Waals surface area contributed by atoms with Crippen molar-refractivity contribution >= 4 is 42.4 Å². The van der Waals surface area contributed by atoms with Crippen LogP contribution in [0, 0.1) is 0 Å². The molecule has 2 heterocycles. The van der Waals surface area contributed by atoms with Crippen LogP contribution in [-0.2, 0) is 23.1 Å². The Labute approximate surface area is 183 Å². The minimum Gasteiger partial charge on any atom is -0.457 e. The first-order valence-electron chi connectivity index (χ1n) is 8.93. The third-order valence-corrected chi connectivity index (χ3v) is 6.24. The summed E-state index contributed by atoms with van der Waals surface area (Å²) in [5, 5.41) is 3.44. The van der Waals surface area contributed by atoms with E-state index in [0.29, 0.717) is 20.8 Å². The van der Waals surface area contributed by atoms with E-state index < -0.39 is 32.5 Å². The summed E-state index contributed by atoms with van der Waals surface area (Å²) in [5.41, 5.74) is 0. The van der Waals surface area contributed by atoms with Gasteiger partial charge in [0, 0.05) is 0 Å². The molecule has 0 aliphatic heterocycles. The summed E-state index contributed by atoms with van der Waals surface area (Å²) < 4.78 is 33.0. The Balaban J connectivity index is 1.93. The predicted octanol–water partition coefficient (Wildman–Crippen LogP) is 3.03. The molecule has 1 N–H and O–H groups in total. The summed E-state index contributed by atoms with van der Waals surface area (Å²) in [4.78, 5) is 34.9. The maximum atomic E-state index is 12.2. The van der Waals surface area contributed by atoms with Crippen LogP contribution in [0.1, 0.15) is 19.3 Å². The standard InChI is InChI=1S/C18H24NO8PS2/c1-19(2,3)8-9-25-28(22,23)26-13-14(27-18(21)16-7-5-11-30-16)12-24-17(20)15-6-4-10-29-15/h4-7,10-11,14H,8-9,12-13H2,1-3H3/p+1/t14-/m1/s1. The van der Waals surface area contributed by atoms with E-state index >= 15 is 0 Å². The number of carbonyl (C=O) groups excluding carboxylic acids is 2. The molecular formula is C18H25NO8PS2+. The van der Waals surface area contributed by atoms with Crippen molar-refractivity contribution in [2.24, 2.45) is 0 Å². The van der Waals surface area contributed by atoms with Crippen molar-refractivity contribution < 1.29 is 42.1 Å². The molecule has 0 aliphatic rings. The van der Waals surface area contributed by atoms with Gasteiger partial charge in [0.15, 0.2) is 6.10 Å². The highest BCUT2D eigenvalue weighted by molar-refractivity contribution is 7.47. The van der Waals surface area contributed by atoms with E-state index in [1.165, 1.54) is 22.7 Å². The van der Waals surface area contributed by atoms with Crippen molar-refractivity contribution in [1.29, 1.82) is 0 Å². The second kappa shape index (κ2) is 11.1. The van der Waals surface area contributed by atoms with Crippen molar-refractivity contribution in [2.75, 3.05) is 47.5 Å². The maximum absolute atomic E-state index is 12.2. The largest absolute Gasteiger partial charge is 0.472 e. The summed E-state index contributed by atoms with van der Waals surface area (Å²) in [6.07, 6.45) is -1.09. The summed E-state index contributed by atoms with van der Waals surface area (Å²) in [5.74, 6) is -1.24. The van der Waals surface area contributed by atoms with Crippen LogP contribution in [0.4, 0.5) is 0 Å². The summed E-state index contributed by atoms with van der Waals surface area (Å²) in [6, 6.07) is 6.56. The molecule has 2 rings (SSSR count). The highest BCUT2D eigenvalue weighted by Crippen LogP contribution is 2.43. The van der Waals surface area contributed by atoms with E-state index in [9.17, 15) is 19.0 Å². The number of phosphoric acid groups is 1. The van der Waals surface area contributed by atoms with Crippen LogP contribution < -0.4 is 0 Å². The molecule has 0 radical (unpaired) electrons. The van der Waals surface area contributed by atoms with Crippen molar-refractivity contribution in [2.45, 2.75) is 6.10 Å². The van der Waals surface area contributed by atoms with Crippen LogP contribution in [0.3, 0.4) is 0 Å². The molecule has 166 valence electrons. The third-order valence-electron chi connectivity index (χ3n) is 3.56. The van der Waals surface area contributed by atoms with Gasteiger partial charge in [-0.05, 0) is 22.9 Å². The SMILES string of the molecule is C[N+](C)(C)CCOP(=O)(O)OC[C@@H](COC(=O)c1cccs1)OC(=O)c1cccs1. The number of hydrogen-bond donors (Lipinski definition) is 1. The van der Waals surface area contributed by atoms with E-state index in [-0.39, 0.29) is 13.2 Å². The molecule has 0 saturated heterocycles. The zero-order valence-electron chi connectivity index (χ0n) is 16.9. The lowest BCUT2D eigenvalue weighted by molar-refractivity contribution is -0.870. The average molecular weight is 479 g/mol. The Kier molecular flexibility index (Phi) is 9.17. The molecule has 12 heteroatoms. The normalized spacial score (nSPS) is 14.7.